The quantitative estimate of drug-likeness (QED) is 0.873. The van der Waals surface area contributed by atoms with Gasteiger partial charge in [0.25, 0.3) is 0 Å². The Kier molecular flexibility index (Phi) is 4.60. The lowest BCUT2D eigenvalue weighted by Crippen LogP contribution is -2.33. The second-order valence-electron chi connectivity index (χ2n) is 7.15. The van der Waals surface area contributed by atoms with Crippen LogP contribution in [0.4, 0.5) is 4.39 Å². The van der Waals surface area contributed by atoms with Gasteiger partial charge in [0.1, 0.15) is 5.82 Å². The van der Waals surface area contributed by atoms with Crippen LogP contribution >= 0.6 is 11.6 Å². The summed E-state index contributed by atoms with van der Waals surface area (Å²) in [5, 5.41) is 13.2. The zero-order valence-electron chi connectivity index (χ0n) is 13.0. The van der Waals surface area contributed by atoms with Gasteiger partial charge in [-0.15, -0.1) is 0 Å². The highest BCUT2D eigenvalue weighted by molar-refractivity contribution is 6.30. The Labute approximate surface area is 131 Å². The fraction of sp³-hybridized carbons (Fsp3) is 0.588. The van der Waals surface area contributed by atoms with Crippen molar-refractivity contribution in [3.8, 4) is 6.07 Å². The zero-order chi connectivity index (χ0) is 15.8. The summed E-state index contributed by atoms with van der Waals surface area (Å²) in [6.45, 7) is 8.47. The molecule has 0 aliphatic carbocycles. The van der Waals surface area contributed by atoms with Crippen LogP contribution in [-0.4, -0.2) is 12.1 Å². The number of nitriles is 1. The van der Waals surface area contributed by atoms with Gasteiger partial charge < -0.3 is 5.32 Å². The number of hydrogen-bond donors (Lipinski definition) is 1. The molecule has 1 aromatic carbocycles. The Bertz CT molecular complexity index is 559. The minimum atomic E-state index is -0.394. The van der Waals surface area contributed by atoms with E-state index in [-0.39, 0.29) is 34.4 Å². The van der Waals surface area contributed by atoms with Crippen molar-refractivity contribution in [2.75, 3.05) is 0 Å². The Balaban J connectivity index is 2.35. The van der Waals surface area contributed by atoms with Crippen LogP contribution in [0.2, 0.25) is 5.02 Å². The average molecular weight is 309 g/mol. The van der Waals surface area contributed by atoms with Gasteiger partial charge in [0.2, 0.25) is 0 Å². The van der Waals surface area contributed by atoms with E-state index in [2.05, 4.69) is 32.2 Å². The summed E-state index contributed by atoms with van der Waals surface area (Å²) in [4.78, 5) is 0. The van der Waals surface area contributed by atoms with E-state index < -0.39 is 5.82 Å². The molecule has 1 N–H and O–H groups in total. The number of halogens is 2. The highest BCUT2D eigenvalue weighted by Crippen LogP contribution is 2.41. The topological polar surface area (TPSA) is 35.8 Å². The van der Waals surface area contributed by atoms with Crippen molar-refractivity contribution >= 4 is 11.6 Å². The minimum Gasteiger partial charge on any atom is -0.309 e. The Hall–Kier alpha value is -1.11. The van der Waals surface area contributed by atoms with Crippen LogP contribution in [-0.2, 0) is 0 Å². The van der Waals surface area contributed by atoms with Gasteiger partial charge in [-0.2, -0.15) is 5.26 Å². The summed E-state index contributed by atoms with van der Waals surface area (Å²) < 4.78 is 14.3. The van der Waals surface area contributed by atoms with Crippen molar-refractivity contribution in [3.05, 3.63) is 34.6 Å². The van der Waals surface area contributed by atoms with E-state index in [9.17, 15) is 9.65 Å². The summed E-state index contributed by atoms with van der Waals surface area (Å²) in [5.41, 5.74) is 0.666. The predicted molar refractivity (Wildman–Crippen MR) is 83.7 cm³/mol. The molecule has 1 aromatic rings. The first-order valence-corrected chi connectivity index (χ1v) is 7.72. The first-order valence-electron chi connectivity index (χ1n) is 7.34. The van der Waals surface area contributed by atoms with E-state index in [0.717, 1.165) is 6.42 Å². The normalized spacial score (nSPS) is 29.4. The summed E-state index contributed by atoms with van der Waals surface area (Å²) in [6, 6.07) is 7.55. The van der Waals surface area contributed by atoms with Gasteiger partial charge in [-0.1, -0.05) is 44.5 Å². The lowest BCUT2D eigenvalue weighted by atomic mass is 9.78. The van der Waals surface area contributed by atoms with E-state index in [1.165, 1.54) is 0 Å². The molecule has 4 atom stereocenters. The summed E-state index contributed by atoms with van der Waals surface area (Å²) in [5.74, 6) is -0.803. The second-order valence-corrected chi connectivity index (χ2v) is 7.56. The first-order chi connectivity index (χ1) is 9.74. The Morgan fingerprint density at radius 3 is 2.62 bits per heavy atom. The number of hydrogen-bond acceptors (Lipinski definition) is 2. The molecule has 0 spiro atoms. The molecule has 0 bridgehead atoms. The Morgan fingerprint density at radius 1 is 1.38 bits per heavy atom. The first kappa shape index (κ1) is 16.3. The maximum absolute atomic E-state index is 14.3. The zero-order valence-corrected chi connectivity index (χ0v) is 13.7. The molecule has 0 aromatic heterocycles. The number of benzene rings is 1. The third-order valence-corrected chi connectivity index (χ3v) is 4.45. The van der Waals surface area contributed by atoms with Crippen LogP contribution in [0.3, 0.4) is 0 Å². The van der Waals surface area contributed by atoms with Crippen molar-refractivity contribution in [2.45, 2.75) is 52.1 Å². The molecular formula is C17H22ClFN2. The lowest BCUT2D eigenvalue weighted by Gasteiger charge is -2.25. The molecule has 0 amide bonds. The molecule has 114 valence electrons. The SMILES string of the molecule is CC1NC(CC(C)(C)C)C(C#N)C1c1cccc(Cl)c1F. The third kappa shape index (κ3) is 3.39. The van der Waals surface area contributed by atoms with Gasteiger partial charge in [0.05, 0.1) is 17.0 Å². The minimum absolute atomic E-state index is 0.0509. The van der Waals surface area contributed by atoms with Gasteiger partial charge in [-0.05, 0) is 30.4 Å². The van der Waals surface area contributed by atoms with Gasteiger partial charge in [0, 0.05) is 18.0 Å². The fourth-order valence-electron chi connectivity index (χ4n) is 3.36. The predicted octanol–water partition coefficient (Wildman–Crippen LogP) is 4.50. The molecule has 4 unspecified atom stereocenters. The van der Waals surface area contributed by atoms with Crippen LogP contribution < -0.4 is 5.32 Å². The maximum Gasteiger partial charge on any atom is 0.145 e. The standard InChI is InChI=1S/C17H22ClFN2/c1-10-15(11-6-5-7-13(18)16(11)19)12(9-20)14(21-10)8-17(2,3)4/h5-7,10,12,14-15,21H,8H2,1-4H3. The highest BCUT2D eigenvalue weighted by Gasteiger charge is 2.44. The van der Waals surface area contributed by atoms with Gasteiger partial charge in [0.15, 0.2) is 0 Å². The van der Waals surface area contributed by atoms with Crippen molar-refractivity contribution < 1.29 is 4.39 Å². The van der Waals surface area contributed by atoms with Gasteiger partial charge >= 0.3 is 0 Å². The molecule has 0 radical (unpaired) electrons. The summed E-state index contributed by atoms with van der Waals surface area (Å²) in [6.07, 6.45) is 0.883. The third-order valence-electron chi connectivity index (χ3n) is 4.16. The van der Waals surface area contributed by atoms with Crippen LogP contribution in [0.15, 0.2) is 18.2 Å². The maximum atomic E-state index is 14.3. The fourth-order valence-corrected chi connectivity index (χ4v) is 3.54. The second kappa shape index (κ2) is 5.94. The van der Waals surface area contributed by atoms with Gasteiger partial charge in [-0.3, -0.25) is 0 Å². The molecule has 1 fully saturated rings. The van der Waals surface area contributed by atoms with Crippen molar-refractivity contribution in [1.29, 1.82) is 5.26 Å². The summed E-state index contributed by atoms with van der Waals surface area (Å²) >= 11 is 5.90. The molecule has 2 rings (SSSR count). The molecule has 0 saturated carbocycles. The number of rotatable bonds is 2. The molecule has 1 saturated heterocycles. The molecule has 21 heavy (non-hydrogen) atoms. The molecule has 1 heterocycles. The van der Waals surface area contributed by atoms with E-state index in [4.69, 9.17) is 11.6 Å². The van der Waals surface area contributed by atoms with E-state index in [1.807, 2.05) is 6.92 Å². The number of nitrogens with zero attached hydrogens (tertiary/aromatic N) is 1. The van der Waals surface area contributed by atoms with Crippen LogP contribution in [0.1, 0.15) is 45.6 Å². The smallest absolute Gasteiger partial charge is 0.145 e. The van der Waals surface area contributed by atoms with Crippen molar-refractivity contribution in [1.82, 2.24) is 5.32 Å². The molecule has 4 heteroatoms. The molecule has 2 nitrogen and oxygen atoms in total. The van der Waals surface area contributed by atoms with Crippen molar-refractivity contribution in [3.63, 3.8) is 0 Å². The largest absolute Gasteiger partial charge is 0.309 e. The average Bonchev–Trinajstić information content (AvgIpc) is 2.66. The van der Waals surface area contributed by atoms with Crippen molar-refractivity contribution in [2.24, 2.45) is 11.3 Å². The molecular weight excluding hydrogens is 287 g/mol. The van der Waals surface area contributed by atoms with Gasteiger partial charge in [-0.25, -0.2) is 4.39 Å². The van der Waals surface area contributed by atoms with E-state index >= 15 is 0 Å². The van der Waals surface area contributed by atoms with E-state index in [0.29, 0.717) is 5.56 Å². The van der Waals surface area contributed by atoms with E-state index in [1.54, 1.807) is 18.2 Å². The van der Waals surface area contributed by atoms with Crippen LogP contribution in [0, 0.1) is 28.5 Å². The Morgan fingerprint density at radius 2 is 2.05 bits per heavy atom. The van der Waals surface area contributed by atoms with Crippen LogP contribution in [0.5, 0.6) is 0 Å². The lowest BCUT2D eigenvalue weighted by molar-refractivity contribution is 0.302. The summed E-state index contributed by atoms with van der Waals surface area (Å²) in [7, 11) is 0. The number of nitrogens with one attached hydrogen (secondary N) is 1. The van der Waals surface area contributed by atoms with Crippen LogP contribution in [0.25, 0.3) is 0 Å². The monoisotopic (exact) mass is 308 g/mol. The highest BCUT2D eigenvalue weighted by atomic mass is 35.5. The molecule has 1 aliphatic rings. The molecule has 1 aliphatic heterocycles.